The second-order valence-corrected chi connectivity index (χ2v) is 7.51. The predicted octanol–water partition coefficient (Wildman–Crippen LogP) is 5.80. The van der Waals surface area contributed by atoms with Crippen LogP contribution in [0, 0.1) is 20.8 Å². The fourth-order valence-electron chi connectivity index (χ4n) is 3.73. The summed E-state index contributed by atoms with van der Waals surface area (Å²) in [6, 6.07) is 11.0. The van der Waals surface area contributed by atoms with Gasteiger partial charge in [0, 0.05) is 15.4 Å². The van der Waals surface area contributed by atoms with Gasteiger partial charge < -0.3 is 10.7 Å². The first-order chi connectivity index (χ1) is 11.5. The summed E-state index contributed by atoms with van der Waals surface area (Å²) >= 11 is 3.70. The van der Waals surface area contributed by atoms with E-state index in [9.17, 15) is 0 Å². The molecule has 24 heavy (non-hydrogen) atoms. The summed E-state index contributed by atoms with van der Waals surface area (Å²) in [5.74, 6) is 0. The zero-order valence-electron chi connectivity index (χ0n) is 14.7. The minimum atomic E-state index is 0.754. The van der Waals surface area contributed by atoms with Crippen LogP contribution in [-0.2, 0) is 6.42 Å². The van der Waals surface area contributed by atoms with Crippen molar-refractivity contribution in [1.82, 2.24) is 4.98 Å². The maximum absolute atomic E-state index is 5.70. The lowest BCUT2D eigenvalue weighted by molar-refractivity contribution is 0.748. The molecule has 0 spiro atoms. The Balaban J connectivity index is 2.23. The van der Waals surface area contributed by atoms with Crippen LogP contribution >= 0.6 is 15.9 Å². The van der Waals surface area contributed by atoms with Crippen LogP contribution in [0.4, 0.5) is 0 Å². The molecule has 0 unspecified atom stereocenters. The zero-order valence-corrected chi connectivity index (χ0v) is 16.3. The van der Waals surface area contributed by atoms with E-state index in [1.165, 1.54) is 44.4 Å². The van der Waals surface area contributed by atoms with Gasteiger partial charge in [-0.15, -0.1) is 0 Å². The lowest BCUT2D eigenvalue weighted by Crippen LogP contribution is -2.00. The number of H-pyrrole nitrogens is 1. The molecule has 0 saturated carbocycles. The van der Waals surface area contributed by atoms with Crippen LogP contribution in [0.25, 0.3) is 22.2 Å². The number of benzene rings is 2. The minimum Gasteiger partial charge on any atom is -0.353 e. The number of hydrogen-bond donors (Lipinski definition) is 2. The predicted molar refractivity (Wildman–Crippen MR) is 108 cm³/mol. The molecule has 0 fully saturated rings. The number of halogens is 1. The summed E-state index contributed by atoms with van der Waals surface area (Å²) in [4.78, 5) is 3.70. The van der Waals surface area contributed by atoms with Crippen molar-refractivity contribution in [1.29, 1.82) is 0 Å². The highest BCUT2D eigenvalue weighted by molar-refractivity contribution is 9.10. The first-order valence-electron chi connectivity index (χ1n) is 8.60. The van der Waals surface area contributed by atoms with E-state index < -0.39 is 0 Å². The van der Waals surface area contributed by atoms with Gasteiger partial charge >= 0.3 is 0 Å². The molecule has 0 amide bonds. The van der Waals surface area contributed by atoms with Crippen LogP contribution < -0.4 is 5.73 Å². The molecule has 0 saturated heterocycles. The second-order valence-electron chi connectivity index (χ2n) is 6.66. The number of rotatable bonds is 5. The van der Waals surface area contributed by atoms with Gasteiger partial charge in [0.05, 0.1) is 11.2 Å². The maximum Gasteiger partial charge on any atom is 0.0606 e. The largest absolute Gasteiger partial charge is 0.353 e. The second kappa shape index (κ2) is 7.12. The van der Waals surface area contributed by atoms with Gasteiger partial charge in [-0.05, 0) is 85.3 Å². The third-order valence-corrected chi connectivity index (χ3v) is 5.36. The Kier molecular flexibility index (Phi) is 5.12. The van der Waals surface area contributed by atoms with Crippen molar-refractivity contribution in [3.8, 4) is 11.3 Å². The van der Waals surface area contributed by atoms with Crippen molar-refractivity contribution < 1.29 is 0 Å². The molecule has 3 N–H and O–H groups in total. The van der Waals surface area contributed by atoms with E-state index in [1.54, 1.807) is 0 Å². The molecule has 0 aliphatic carbocycles. The fraction of sp³-hybridized carbons (Fsp3) is 0.333. The summed E-state index contributed by atoms with van der Waals surface area (Å²) in [5, 5.41) is 1.32. The van der Waals surface area contributed by atoms with Gasteiger partial charge in [0.25, 0.3) is 0 Å². The lowest BCUT2D eigenvalue weighted by Gasteiger charge is -2.13. The van der Waals surface area contributed by atoms with Crippen LogP contribution in [0.1, 0.15) is 35.1 Å². The molecular formula is C21H25BrN2. The number of nitrogens with two attached hydrogens (primary N) is 1. The number of hydrogen-bond acceptors (Lipinski definition) is 1. The molecule has 126 valence electrons. The molecule has 1 aromatic heterocycles. The summed E-state index contributed by atoms with van der Waals surface area (Å²) in [5.41, 5.74) is 14.9. The van der Waals surface area contributed by atoms with Crippen LogP contribution in [0.3, 0.4) is 0 Å². The monoisotopic (exact) mass is 384 g/mol. The van der Waals surface area contributed by atoms with Crippen LogP contribution in [0.5, 0.6) is 0 Å². The van der Waals surface area contributed by atoms with Crippen molar-refractivity contribution in [2.45, 2.75) is 40.0 Å². The molecule has 0 radical (unpaired) electrons. The van der Waals surface area contributed by atoms with E-state index in [-0.39, 0.29) is 0 Å². The van der Waals surface area contributed by atoms with E-state index >= 15 is 0 Å². The molecule has 0 bridgehead atoms. The van der Waals surface area contributed by atoms with Crippen molar-refractivity contribution in [2.75, 3.05) is 6.54 Å². The van der Waals surface area contributed by atoms with Gasteiger partial charge in [0.15, 0.2) is 0 Å². The molecule has 2 nitrogen and oxygen atoms in total. The number of aryl methyl sites for hydroxylation is 4. The SMILES string of the molecule is Cc1cc(C)c(-c2[nH]c3c(Br)cccc3c2CCCCN)c(C)c1. The number of fused-ring (bicyclic) bond motifs is 1. The van der Waals surface area contributed by atoms with Gasteiger partial charge in [-0.3, -0.25) is 0 Å². The van der Waals surface area contributed by atoms with E-state index in [2.05, 4.69) is 72.0 Å². The fourth-order valence-corrected chi connectivity index (χ4v) is 4.20. The zero-order chi connectivity index (χ0) is 17.3. The number of aromatic nitrogens is 1. The van der Waals surface area contributed by atoms with Crippen LogP contribution in [0.2, 0.25) is 0 Å². The third-order valence-electron chi connectivity index (χ3n) is 4.70. The highest BCUT2D eigenvalue weighted by Gasteiger charge is 2.17. The average Bonchev–Trinajstić information content (AvgIpc) is 2.87. The van der Waals surface area contributed by atoms with Gasteiger partial charge in [-0.25, -0.2) is 0 Å². The van der Waals surface area contributed by atoms with Crippen LogP contribution in [-0.4, -0.2) is 11.5 Å². The highest BCUT2D eigenvalue weighted by atomic mass is 79.9. The first-order valence-corrected chi connectivity index (χ1v) is 9.39. The number of unbranched alkanes of at least 4 members (excludes halogenated alkanes) is 1. The van der Waals surface area contributed by atoms with Crippen molar-refractivity contribution in [2.24, 2.45) is 5.73 Å². The molecule has 1 heterocycles. The Hall–Kier alpha value is -1.58. The number of para-hydroxylation sites is 1. The highest BCUT2D eigenvalue weighted by Crippen LogP contribution is 2.37. The van der Waals surface area contributed by atoms with Crippen molar-refractivity contribution in [3.05, 3.63) is 57.1 Å². The van der Waals surface area contributed by atoms with Crippen molar-refractivity contribution >= 4 is 26.8 Å². The minimum absolute atomic E-state index is 0.754. The number of nitrogens with one attached hydrogen (secondary N) is 1. The molecular weight excluding hydrogens is 360 g/mol. The molecule has 3 heteroatoms. The van der Waals surface area contributed by atoms with E-state index in [4.69, 9.17) is 5.73 Å². The van der Waals surface area contributed by atoms with Gasteiger partial charge in [0.1, 0.15) is 0 Å². The standard InChI is InChI=1S/C21H25BrN2/c1-13-11-14(2)19(15(3)12-13)21-17(7-4-5-10-23)16-8-6-9-18(22)20(16)24-21/h6,8-9,11-12,24H,4-5,7,10,23H2,1-3H3. The topological polar surface area (TPSA) is 41.8 Å². The molecule has 0 aliphatic heterocycles. The van der Waals surface area contributed by atoms with Gasteiger partial charge in [-0.1, -0.05) is 29.8 Å². The summed E-state index contributed by atoms with van der Waals surface area (Å²) in [7, 11) is 0. The Labute approximate surface area is 152 Å². The maximum atomic E-state index is 5.70. The lowest BCUT2D eigenvalue weighted by atomic mass is 9.93. The average molecular weight is 385 g/mol. The van der Waals surface area contributed by atoms with E-state index in [0.29, 0.717) is 0 Å². The molecule has 2 aromatic carbocycles. The van der Waals surface area contributed by atoms with E-state index in [1.807, 2.05) is 0 Å². The Morgan fingerprint density at radius 2 is 1.75 bits per heavy atom. The third kappa shape index (κ3) is 3.15. The number of aromatic amines is 1. The Morgan fingerprint density at radius 3 is 2.42 bits per heavy atom. The van der Waals surface area contributed by atoms with E-state index in [0.717, 1.165) is 30.3 Å². The molecule has 0 aliphatic rings. The Morgan fingerprint density at radius 1 is 1.04 bits per heavy atom. The van der Waals surface area contributed by atoms with Crippen molar-refractivity contribution in [3.63, 3.8) is 0 Å². The van der Waals surface area contributed by atoms with Crippen LogP contribution in [0.15, 0.2) is 34.8 Å². The molecule has 3 rings (SSSR count). The first kappa shape index (κ1) is 17.2. The van der Waals surface area contributed by atoms with Gasteiger partial charge in [0.2, 0.25) is 0 Å². The normalized spacial score (nSPS) is 11.4. The van der Waals surface area contributed by atoms with Gasteiger partial charge in [-0.2, -0.15) is 0 Å². The summed E-state index contributed by atoms with van der Waals surface area (Å²) in [6.45, 7) is 7.33. The summed E-state index contributed by atoms with van der Waals surface area (Å²) < 4.78 is 1.12. The summed E-state index contributed by atoms with van der Waals surface area (Å²) in [6.07, 6.45) is 3.23. The smallest absolute Gasteiger partial charge is 0.0606 e. The quantitative estimate of drug-likeness (QED) is 0.535. The molecule has 3 aromatic rings. The molecule has 0 atom stereocenters. The Bertz CT molecular complexity index is 854.